The Balaban J connectivity index is 4.36. The van der Waals surface area contributed by atoms with Crippen LogP contribution in [0.2, 0.25) is 0 Å². The van der Waals surface area contributed by atoms with Gasteiger partial charge in [-0.3, -0.25) is 9.36 Å². The predicted molar refractivity (Wildman–Crippen MR) is 203 cm³/mol. The van der Waals surface area contributed by atoms with Crippen LogP contribution < -0.4 is 4.89 Å². The number of phosphoric ester groups is 1. The molecule has 2 unspecified atom stereocenters. The largest absolute Gasteiger partial charge is 0.756 e. The summed E-state index contributed by atoms with van der Waals surface area (Å²) >= 11 is 0. The molecule has 0 amide bonds. The number of ether oxygens (including phenoxy) is 2. The molecule has 49 heavy (non-hydrogen) atoms. The smallest absolute Gasteiger partial charge is 0.306 e. The number of quaternary nitrogens is 1. The Morgan fingerprint density at radius 3 is 1.76 bits per heavy atom. The molecular formula is C40H74NO7P. The van der Waals surface area contributed by atoms with Crippen molar-refractivity contribution < 1.29 is 37.3 Å². The van der Waals surface area contributed by atoms with Gasteiger partial charge in [0.2, 0.25) is 0 Å². The van der Waals surface area contributed by atoms with Crippen molar-refractivity contribution in [3.05, 3.63) is 48.6 Å². The normalized spacial score (nSPS) is 14.5. The highest BCUT2D eigenvalue weighted by atomic mass is 31.2. The van der Waals surface area contributed by atoms with Gasteiger partial charge in [-0.2, -0.15) is 0 Å². The summed E-state index contributed by atoms with van der Waals surface area (Å²) in [5.74, 6) is -0.349. The summed E-state index contributed by atoms with van der Waals surface area (Å²) in [6.07, 6.45) is 38.4. The summed E-state index contributed by atoms with van der Waals surface area (Å²) in [4.78, 5) is 24.9. The van der Waals surface area contributed by atoms with Gasteiger partial charge >= 0.3 is 5.97 Å². The van der Waals surface area contributed by atoms with Crippen molar-refractivity contribution >= 4 is 13.8 Å². The van der Waals surface area contributed by atoms with E-state index in [-0.39, 0.29) is 25.8 Å². The molecule has 286 valence electrons. The Morgan fingerprint density at radius 2 is 1.18 bits per heavy atom. The van der Waals surface area contributed by atoms with Crippen LogP contribution in [0.1, 0.15) is 142 Å². The zero-order valence-electron chi connectivity index (χ0n) is 32.1. The van der Waals surface area contributed by atoms with Crippen molar-refractivity contribution in [3.63, 3.8) is 0 Å². The number of rotatable bonds is 35. The van der Waals surface area contributed by atoms with Crippen molar-refractivity contribution in [2.24, 2.45) is 0 Å². The van der Waals surface area contributed by atoms with Crippen molar-refractivity contribution in [2.75, 3.05) is 54.1 Å². The van der Waals surface area contributed by atoms with Crippen LogP contribution >= 0.6 is 7.82 Å². The molecule has 9 heteroatoms. The Hall–Kier alpha value is -1.54. The van der Waals surface area contributed by atoms with E-state index in [4.69, 9.17) is 18.5 Å². The van der Waals surface area contributed by atoms with Crippen molar-refractivity contribution in [3.8, 4) is 0 Å². The zero-order chi connectivity index (χ0) is 36.3. The third-order valence-electron chi connectivity index (χ3n) is 7.89. The van der Waals surface area contributed by atoms with Crippen LogP contribution in [0.4, 0.5) is 0 Å². The van der Waals surface area contributed by atoms with E-state index in [1.54, 1.807) is 0 Å². The summed E-state index contributed by atoms with van der Waals surface area (Å²) in [5.41, 5.74) is 0. The third-order valence-corrected chi connectivity index (χ3v) is 8.86. The molecule has 0 saturated heterocycles. The maximum atomic E-state index is 12.6. The Labute approximate surface area is 301 Å². The zero-order valence-corrected chi connectivity index (χ0v) is 33.0. The van der Waals surface area contributed by atoms with E-state index >= 15 is 0 Å². The number of likely N-dealkylation sites (N-methyl/N-ethyl adjacent to an activating group) is 1. The van der Waals surface area contributed by atoms with Gasteiger partial charge in [0.15, 0.2) is 0 Å². The van der Waals surface area contributed by atoms with E-state index in [0.717, 1.165) is 70.6 Å². The summed E-state index contributed by atoms with van der Waals surface area (Å²) in [6, 6.07) is 0. The first-order chi connectivity index (χ1) is 23.6. The van der Waals surface area contributed by atoms with Gasteiger partial charge in [0.25, 0.3) is 7.82 Å². The van der Waals surface area contributed by atoms with Crippen LogP contribution in [0.25, 0.3) is 0 Å². The van der Waals surface area contributed by atoms with Gasteiger partial charge in [-0.25, -0.2) is 0 Å². The molecule has 0 spiro atoms. The van der Waals surface area contributed by atoms with Gasteiger partial charge in [-0.1, -0.05) is 133 Å². The molecule has 0 aliphatic heterocycles. The number of esters is 1. The van der Waals surface area contributed by atoms with E-state index in [9.17, 15) is 14.3 Å². The second kappa shape index (κ2) is 33.6. The number of hydrogen-bond donors (Lipinski definition) is 0. The minimum absolute atomic E-state index is 0.0189. The average molecular weight is 712 g/mol. The second-order valence-corrected chi connectivity index (χ2v) is 15.3. The lowest BCUT2D eigenvalue weighted by molar-refractivity contribution is -0.870. The highest BCUT2D eigenvalue weighted by molar-refractivity contribution is 7.45. The molecule has 0 bridgehead atoms. The molecule has 8 nitrogen and oxygen atoms in total. The van der Waals surface area contributed by atoms with Gasteiger partial charge < -0.3 is 27.9 Å². The quantitative estimate of drug-likeness (QED) is 0.0212. The molecule has 0 saturated carbocycles. The van der Waals surface area contributed by atoms with E-state index in [2.05, 4.69) is 62.5 Å². The number of phosphoric acid groups is 1. The Morgan fingerprint density at radius 1 is 0.653 bits per heavy atom. The highest BCUT2D eigenvalue weighted by Crippen LogP contribution is 2.38. The van der Waals surface area contributed by atoms with Crippen LogP contribution in [0.3, 0.4) is 0 Å². The van der Waals surface area contributed by atoms with Gasteiger partial charge in [-0.15, -0.1) is 0 Å². The number of carbonyl (C=O) groups excluding carboxylic acids is 1. The van der Waals surface area contributed by atoms with Gasteiger partial charge in [0, 0.05) is 13.0 Å². The maximum Gasteiger partial charge on any atom is 0.306 e. The Kier molecular flexibility index (Phi) is 32.5. The topological polar surface area (TPSA) is 94.1 Å². The molecule has 0 aliphatic carbocycles. The maximum absolute atomic E-state index is 12.6. The SMILES string of the molecule is CC/C=C\C/C=C\C/C=C\C/C=C\CCCCCOCC(COP(=O)([O-])OCC[N+](C)(C)C)OC(=O)CCCCCCCCCCCCC. The summed E-state index contributed by atoms with van der Waals surface area (Å²) in [7, 11) is 1.33. The summed E-state index contributed by atoms with van der Waals surface area (Å²) in [6.45, 7) is 5.19. The molecule has 0 aromatic carbocycles. The summed E-state index contributed by atoms with van der Waals surface area (Å²) in [5, 5.41) is 0. The fourth-order valence-corrected chi connectivity index (χ4v) is 5.62. The predicted octanol–water partition coefficient (Wildman–Crippen LogP) is 10.2. The van der Waals surface area contributed by atoms with E-state index in [0.29, 0.717) is 24.1 Å². The number of carbonyl (C=O) groups is 1. The first-order valence-corrected chi connectivity index (χ1v) is 20.8. The average Bonchev–Trinajstić information content (AvgIpc) is 3.04. The molecule has 0 aromatic rings. The minimum atomic E-state index is -4.52. The standard InChI is InChI=1S/C40H74NO7P/c1-6-8-10-12-14-16-18-19-20-21-22-24-26-28-30-32-35-45-37-39(38-47-49(43,44)46-36-34-41(3,4)5)48-40(42)33-31-29-27-25-23-17-15-13-11-9-7-2/h8,10,14,16,19-20,22,24,39H,6-7,9,11-13,15,17-18,21,23,25-38H2,1-5H3/b10-8-,16-14-,20-19-,24-22-. The highest BCUT2D eigenvalue weighted by Gasteiger charge is 2.20. The van der Waals surface area contributed by atoms with Crippen LogP contribution in [-0.2, 0) is 27.9 Å². The molecule has 0 rings (SSSR count). The molecule has 0 aromatic heterocycles. The van der Waals surface area contributed by atoms with E-state index in [1.165, 1.54) is 51.4 Å². The van der Waals surface area contributed by atoms with Crippen molar-refractivity contribution in [1.29, 1.82) is 0 Å². The van der Waals surface area contributed by atoms with Crippen molar-refractivity contribution in [1.82, 2.24) is 0 Å². The fraction of sp³-hybridized carbons (Fsp3) is 0.775. The summed E-state index contributed by atoms with van der Waals surface area (Å²) < 4.78 is 34.4. The van der Waals surface area contributed by atoms with E-state index < -0.39 is 13.9 Å². The first kappa shape index (κ1) is 47.5. The third kappa shape index (κ3) is 37.5. The lowest BCUT2D eigenvalue weighted by Crippen LogP contribution is -2.37. The molecule has 0 aliphatic rings. The fourth-order valence-electron chi connectivity index (χ4n) is 4.89. The molecular weight excluding hydrogens is 637 g/mol. The monoisotopic (exact) mass is 712 g/mol. The number of hydrogen-bond acceptors (Lipinski definition) is 7. The van der Waals surface area contributed by atoms with Crippen LogP contribution in [0.15, 0.2) is 48.6 Å². The van der Waals surface area contributed by atoms with Crippen LogP contribution in [-0.4, -0.2) is 70.7 Å². The number of allylic oxidation sites excluding steroid dienone is 8. The van der Waals surface area contributed by atoms with Gasteiger partial charge in [0.05, 0.1) is 34.4 Å². The molecule has 2 atom stereocenters. The molecule has 0 heterocycles. The Bertz CT molecular complexity index is 926. The van der Waals surface area contributed by atoms with Gasteiger partial charge in [-0.05, 0) is 51.4 Å². The molecule has 0 fully saturated rings. The molecule has 0 radical (unpaired) electrons. The second-order valence-electron chi connectivity index (χ2n) is 13.9. The minimum Gasteiger partial charge on any atom is -0.756 e. The first-order valence-electron chi connectivity index (χ1n) is 19.4. The lowest BCUT2D eigenvalue weighted by atomic mass is 10.1. The van der Waals surface area contributed by atoms with Crippen molar-refractivity contribution in [2.45, 2.75) is 148 Å². The molecule has 0 N–H and O–H groups in total. The number of unbranched alkanes of at least 4 members (excludes halogenated alkanes) is 13. The van der Waals surface area contributed by atoms with Crippen LogP contribution in [0, 0.1) is 0 Å². The lowest BCUT2D eigenvalue weighted by Gasteiger charge is -2.28. The van der Waals surface area contributed by atoms with E-state index in [1.807, 2.05) is 21.1 Å². The number of nitrogens with zero attached hydrogens (tertiary/aromatic N) is 1. The van der Waals surface area contributed by atoms with Gasteiger partial charge in [0.1, 0.15) is 19.3 Å². The van der Waals surface area contributed by atoms with Crippen LogP contribution in [0.5, 0.6) is 0 Å².